The molecule has 3 aromatic heterocycles. The van der Waals surface area contributed by atoms with E-state index in [9.17, 15) is 13.2 Å². The van der Waals surface area contributed by atoms with Crippen LogP contribution in [0.3, 0.4) is 0 Å². The zero-order valence-electron chi connectivity index (χ0n) is 16.1. The second kappa shape index (κ2) is 8.09. The average molecular weight is 460 g/mol. The number of aromatic amines is 2. The fraction of sp³-hybridized carbons (Fsp3) is 0.0476. The van der Waals surface area contributed by atoms with Crippen LogP contribution in [-0.4, -0.2) is 38.4 Å². The second-order valence-electron chi connectivity index (χ2n) is 6.83. The molecule has 0 saturated heterocycles. The highest BCUT2D eigenvalue weighted by molar-refractivity contribution is 7.86. The van der Waals surface area contributed by atoms with E-state index in [1.807, 2.05) is 48.6 Å². The summed E-state index contributed by atoms with van der Waals surface area (Å²) in [5.74, 6) is 0. The third-order valence-corrected chi connectivity index (χ3v) is 4.92. The van der Waals surface area contributed by atoms with E-state index < -0.39 is 15.6 Å². The molecule has 32 heavy (non-hydrogen) atoms. The molecule has 5 rings (SSSR count). The highest BCUT2D eigenvalue weighted by atomic mass is 32.2. The minimum Gasteiger partial charge on any atom is -0.355 e. The van der Waals surface area contributed by atoms with E-state index in [-0.39, 0.29) is 0 Å². The van der Waals surface area contributed by atoms with Crippen molar-refractivity contribution in [2.45, 2.75) is 5.51 Å². The summed E-state index contributed by atoms with van der Waals surface area (Å²) in [6.07, 6.45) is 8.09. The number of aromatic nitrogens is 4. The van der Waals surface area contributed by atoms with E-state index in [0.717, 1.165) is 44.8 Å². The summed E-state index contributed by atoms with van der Waals surface area (Å²) in [6.45, 7) is 0. The largest absolute Gasteiger partial charge is 0.522 e. The first kappa shape index (κ1) is 21.5. The first-order valence-corrected chi connectivity index (χ1v) is 10.6. The Bertz CT molecular complexity index is 1320. The van der Waals surface area contributed by atoms with Gasteiger partial charge < -0.3 is 9.97 Å². The normalized spacial score (nSPS) is 13.0. The van der Waals surface area contributed by atoms with Gasteiger partial charge in [-0.3, -0.25) is 4.55 Å². The van der Waals surface area contributed by atoms with Gasteiger partial charge in [-0.15, -0.1) is 0 Å². The summed E-state index contributed by atoms with van der Waals surface area (Å²) in [6, 6.07) is 16.4. The Hall–Kier alpha value is -3.70. The molecule has 3 aromatic rings. The summed E-state index contributed by atoms with van der Waals surface area (Å²) >= 11 is 0. The molecule has 0 unspecified atom stereocenters. The van der Waals surface area contributed by atoms with Gasteiger partial charge in [-0.1, -0.05) is 0 Å². The zero-order chi connectivity index (χ0) is 22.9. The third kappa shape index (κ3) is 5.13. The number of nitrogens with one attached hydrogen (secondary N) is 2. The van der Waals surface area contributed by atoms with Gasteiger partial charge in [0, 0.05) is 22.1 Å². The van der Waals surface area contributed by atoms with Gasteiger partial charge >= 0.3 is 15.6 Å². The smallest absolute Gasteiger partial charge is 0.355 e. The van der Waals surface area contributed by atoms with Crippen LogP contribution in [0.2, 0.25) is 0 Å². The van der Waals surface area contributed by atoms with Gasteiger partial charge in [0.25, 0.3) is 0 Å². The number of halogens is 3. The number of hydrogen-bond acceptors (Lipinski definition) is 4. The number of H-pyrrole nitrogens is 2. The minimum absolute atomic E-state index is 0.939. The monoisotopic (exact) mass is 460 g/mol. The van der Waals surface area contributed by atoms with E-state index in [4.69, 9.17) is 13.0 Å². The Labute approximate surface area is 179 Å². The maximum absolute atomic E-state index is 10.7. The standard InChI is InChI=1S/C20H14N4.CHF3O3S/c1-2-14-10-16-5-6-18(23-16)12-20-8-7-19(24-20)11-17-4-3-15(22-17)9-13(1)21-14;2-1(3,4)8(5,6)7/h1-12,21,24H;(H,5,6,7). The van der Waals surface area contributed by atoms with Crippen LogP contribution in [0.5, 0.6) is 0 Å². The fourth-order valence-corrected chi connectivity index (χ4v) is 2.94. The second-order valence-corrected chi connectivity index (χ2v) is 8.24. The van der Waals surface area contributed by atoms with Crippen molar-refractivity contribution < 1.29 is 26.1 Å². The maximum atomic E-state index is 10.7. The summed E-state index contributed by atoms with van der Waals surface area (Å²) in [5.41, 5.74) is 2.33. The predicted octanol–water partition coefficient (Wildman–Crippen LogP) is 5.05. The predicted molar refractivity (Wildman–Crippen MR) is 116 cm³/mol. The molecule has 2 aliphatic rings. The Morgan fingerprint density at radius 3 is 1.12 bits per heavy atom. The number of hydrogen-bond donors (Lipinski definition) is 3. The lowest BCUT2D eigenvalue weighted by Gasteiger charge is -1.97. The Kier molecular flexibility index (Phi) is 5.45. The van der Waals surface area contributed by atoms with E-state index in [0.29, 0.717) is 0 Å². The Balaban J connectivity index is 0.000000265. The van der Waals surface area contributed by atoms with Gasteiger partial charge in [0.05, 0.1) is 22.8 Å². The molecule has 8 bridgehead atoms. The van der Waals surface area contributed by atoms with Crippen molar-refractivity contribution in [3.05, 3.63) is 71.3 Å². The van der Waals surface area contributed by atoms with Crippen LogP contribution in [0.4, 0.5) is 13.2 Å². The van der Waals surface area contributed by atoms with Crippen LogP contribution in [0.25, 0.3) is 46.4 Å². The summed E-state index contributed by atoms with van der Waals surface area (Å²) < 4.78 is 57.5. The molecule has 11 heteroatoms. The molecule has 0 radical (unpaired) electrons. The number of nitrogens with zero attached hydrogens (tertiary/aromatic N) is 2. The lowest BCUT2D eigenvalue weighted by molar-refractivity contribution is -0.0510. The lowest BCUT2D eigenvalue weighted by Crippen LogP contribution is -2.21. The number of alkyl halides is 3. The van der Waals surface area contributed by atoms with Crippen molar-refractivity contribution in [2.75, 3.05) is 0 Å². The number of fused-ring (bicyclic) bond motifs is 8. The van der Waals surface area contributed by atoms with E-state index in [1.165, 1.54) is 0 Å². The summed E-state index contributed by atoms with van der Waals surface area (Å²) in [4.78, 5) is 16.0. The topological polar surface area (TPSA) is 112 Å². The molecule has 7 nitrogen and oxygen atoms in total. The van der Waals surface area contributed by atoms with E-state index in [2.05, 4.69) is 44.2 Å². The summed E-state index contributed by atoms with van der Waals surface area (Å²) in [5, 5.41) is 0. The lowest BCUT2D eigenvalue weighted by atomic mass is 10.3. The van der Waals surface area contributed by atoms with Crippen LogP contribution >= 0.6 is 0 Å². The van der Waals surface area contributed by atoms with Crippen molar-refractivity contribution in [2.24, 2.45) is 0 Å². The van der Waals surface area contributed by atoms with Crippen molar-refractivity contribution in [3.8, 4) is 0 Å². The van der Waals surface area contributed by atoms with Crippen LogP contribution in [0.15, 0.2) is 48.5 Å². The van der Waals surface area contributed by atoms with Crippen molar-refractivity contribution in [3.63, 3.8) is 0 Å². The van der Waals surface area contributed by atoms with Gasteiger partial charge in [0.15, 0.2) is 0 Å². The molecule has 0 spiro atoms. The first-order chi connectivity index (χ1) is 15.0. The van der Waals surface area contributed by atoms with E-state index in [1.54, 1.807) is 0 Å². The van der Waals surface area contributed by atoms with Crippen LogP contribution in [-0.2, 0) is 10.1 Å². The van der Waals surface area contributed by atoms with Gasteiger partial charge in [0.1, 0.15) is 0 Å². The molecule has 5 heterocycles. The molecular weight excluding hydrogens is 445 g/mol. The van der Waals surface area contributed by atoms with Crippen LogP contribution in [0.1, 0.15) is 22.8 Å². The highest BCUT2D eigenvalue weighted by Crippen LogP contribution is 2.20. The molecule has 164 valence electrons. The van der Waals surface area contributed by atoms with Gasteiger partial charge in [-0.05, 0) is 72.8 Å². The van der Waals surface area contributed by atoms with Gasteiger partial charge in [-0.25, -0.2) is 9.97 Å². The molecule has 3 N–H and O–H groups in total. The average Bonchev–Trinajstić information content (AvgIpc) is 3.46. The molecule has 2 aliphatic heterocycles. The SMILES string of the molecule is C1=Cc2cc3ccc(cc4nc(cc5ccc(cc1n2)[nH]5)C=C4)[nH]3.O=S(=O)(O)C(F)(F)F. The number of rotatable bonds is 0. The Morgan fingerprint density at radius 1 is 0.656 bits per heavy atom. The Morgan fingerprint density at radius 2 is 0.906 bits per heavy atom. The maximum Gasteiger partial charge on any atom is 0.522 e. The molecule has 0 aromatic carbocycles. The quantitative estimate of drug-likeness (QED) is 0.221. The molecule has 0 amide bonds. The third-order valence-electron chi connectivity index (χ3n) is 4.33. The first-order valence-electron chi connectivity index (χ1n) is 9.13. The van der Waals surface area contributed by atoms with Crippen molar-refractivity contribution in [1.29, 1.82) is 0 Å². The fourth-order valence-electron chi connectivity index (χ4n) is 2.94. The minimum atomic E-state index is -5.84. The molecule has 0 atom stereocenters. The van der Waals surface area contributed by atoms with E-state index >= 15 is 0 Å². The van der Waals surface area contributed by atoms with Gasteiger partial charge in [0.2, 0.25) is 0 Å². The van der Waals surface area contributed by atoms with Gasteiger partial charge in [-0.2, -0.15) is 21.6 Å². The zero-order valence-corrected chi connectivity index (χ0v) is 16.9. The molecule has 0 aliphatic carbocycles. The highest BCUT2D eigenvalue weighted by Gasteiger charge is 2.44. The molecule has 0 saturated carbocycles. The molecule has 0 fully saturated rings. The van der Waals surface area contributed by atoms with Crippen molar-refractivity contribution in [1.82, 2.24) is 19.9 Å². The summed E-state index contributed by atoms with van der Waals surface area (Å²) in [7, 11) is -5.84. The molecular formula is C21H15F3N4O3S. The van der Waals surface area contributed by atoms with Crippen LogP contribution < -0.4 is 0 Å². The van der Waals surface area contributed by atoms with Crippen LogP contribution in [0, 0.1) is 0 Å². The van der Waals surface area contributed by atoms with Crippen molar-refractivity contribution >= 4 is 56.5 Å².